The number of benzene rings is 1. The molecule has 0 bridgehead atoms. The highest BCUT2D eigenvalue weighted by molar-refractivity contribution is 7.88. The van der Waals surface area contributed by atoms with E-state index in [1.807, 2.05) is 6.07 Å². The topological polar surface area (TPSA) is 76.7 Å². The first kappa shape index (κ1) is 22.5. The zero-order valence-electron chi connectivity index (χ0n) is 17.7. The van der Waals surface area contributed by atoms with Crippen molar-refractivity contribution in [3.05, 3.63) is 29.8 Å². The van der Waals surface area contributed by atoms with Crippen LogP contribution in [0.1, 0.15) is 63.4 Å². The molecule has 1 aliphatic heterocycles. The fourth-order valence-electron chi connectivity index (χ4n) is 4.49. The predicted octanol–water partition coefficient (Wildman–Crippen LogP) is 3.19. The summed E-state index contributed by atoms with van der Waals surface area (Å²) in [6.45, 7) is 4.35. The lowest BCUT2D eigenvalue weighted by Crippen LogP contribution is -2.55. The van der Waals surface area contributed by atoms with Crippen molar-refractivity contribution in [2.75, 3.05) is 26.0 Å². The van der Waals surface area contributed by atoms with Crippen LogP contribution in [0.15, 0.2) is 24.3 Å². The molecular formula is C22H36N2O4S. The molecule has 2 N–H and O–H groups in total. The molecule has 1 saturated heterocycles. The van der Waals surface area contributed by atoms with E-state index in [1.165, 1.54) is 11.8 Å². The number of ether oxygens (including phenoxy) is 2. The van der Waals surface area contributed by atoms with Gasteiger partial charge >= 0.3 is 0 Å². The number of hydrogen-bond donors (Lipinski definition) is 2. The molecule has 164 valence electrons. The van der Waals surface area contributed by atoms with Gasteiger partial charge in [-0.25, -0.2) is 13.1 Å². The third kappa shape index (κ3) is 6.95. The average Bonchev–Trinajstić information content (AvgIpc) is 2.71. The van der Waals surface area contributed by atoms with Gasteiger partial charge in [-0.2, -0.15) is 0 Å². The molecule has 0 aromatic heterocycles. The van der Waals surface area contributed by atoms with Crippen molar-refractivity contribution >= 4 is 10.0 Å². The monoisotopic (exact) mass is 424 g/mol. The lowest BCUT2D eigenvalue weighted by atomic mass is 9.82. The summed E-state index contributed by atoms with van der Waals surface area (Å²) < 4.78 is 38.2. The Kier molecular flexibility index (Phi) is 8.35. The van der Waals surface area contributed by atoms with Crippen LogP contribution in [0.5, 0.6) is 5.75 Å². The minimum absolute atomic E-state index is 0.0411. The van der Waals surface area contributed by atoms with Crippen LogP contribution in [0.4, 0.5) is 0 Å². The van der Waals surface area contributed by atoms with Crippen LogP contribution in [-0.2, 0) is 14.8 Å². The summed E-state index contributed by atoms with van der Waals surface area (Å²) in [5.74, 6) is 1.55. The van der Waals surface area contributed by atoms with Crippen LogP contribution >= 0.6 is 0 Å². The zero-order chi connectivity index (χ0) is 20.7. The van der Waals surface area contributed by atoms with E-state index in [4.69, 9.17) is 9.47 Å². The van der Waals surface area contributed by atoms with E-state index in [0.29, 0.717) is 12.5 Å². The maximum atomic E-state index is 11.6. The highest BCUT2D eigenvalue weighted by Crippen LogP contribution is 2.38. The Hall–Kier alpha value is -1.15. The molecule has 0 unspecified atom stereocenters. The number of nitrogens with one attached hydrogen (secondary N) is 2. The third-order valence-corrected chi connectivity index (χ3v) is 6.69. The summed E-state index contributed by atoms with van der Waals surface area (Å²) in [7, 11) is -3.21. The van der Waals surface area contributed by atoms with Crippen molar-refractivity contribution in [3.63, 3.8) is 0 Å². The van der Waals surface area contributed by atoms with E-state index in [0.717, 1.165) is 63.8 Å². The quantitative estimate of drug-likeness (QED) is 0.637. The van der Waals surface area contributed by atoms with E-state index in [9.17, 15) is 8.42 Å². The summed E-state index contributed by atoms with van der Waals surface area (Å²) in [5, 5.41) is 3.42. The molecule has 1 heterocycles. The predicted molar refractivity (Wildman–Crippen MR) is 116 cm³/mol. The Morgan fingerprint density at radius 1 is 1.14 bits per heavy atom. The lowest BCUT2D eigenvalue weighted by molar-refractivity contribution is 0.00510. The van der Waals surface area contributed by atoms with Crippen molar-refractivity contribution in [2.45, 2.75) is 76.0 Å². The molecule has 29 heavy (non-hydrogen) atoms. The van der Waals surface area contributed by atoms with Crippen LogP contribution < -0.4 is 14.8 Å². The van der Waals surface area contributed by atoms with Crippen molar-refractivity contribution in [3.8, 4) is 5.75 Å². The fourth-order valence-corrected chi connectivity index (χ4v) is 5.32. The Labute approximate surface area is 175 Å². The molecule has 0 spiro atoms. The standard InChI is InChI=1S/C22H36N2O4S/c1-3-15-27-22-9-5-4-7-19(22)17-10-12-18(13-11-17)28-16-21-20(8-6-14-23-21)24-29(2,25)26/h4-5,7,9,17-18,20-21,23-24H,3,6,8,10-16H2,1-2H3/t17-,18+,20-,21-/m0/s1. The molecule has 7 heteroatoms. The molecule has 6 nitrogen and oxygen atoms in total. The van der Waals surface area contributed by atoms with Crippen molar-refractivity contribution < 1.29 is 17.9 Å². The number of hydrogen-bond acceptors (Lipinski definition) is 5. The minimum Gasteiger partial charge on any atom is -0.493 e. The second-order valence-electron chi connectivity index (χ2n) is 8.39. The summed E-state index contributed by atoms with van der Waals surface area (Å²) in [4.78, 5) is 0. The van der Waals surface area contributed by atoms with Crippen LogP contribution in [0.3, 0.4) is 0 Å². The van der Waals surface area contributed by atoms with Gasteiger partial charge in [0.15, 0.2) is 0 Å². The molecule has 0 radical (unpaired) electrons. The molecule has 1 aromatic rings. The van der Waals surface area contributed by atoms with Gasteiger partial charge in [0.1, 0.15) is 5.75 Å². The highest BCUT2D eigenvalue weighted by atomic mass is 32.2. The number of sulfonamides is 1. The second kappa shape index (κ2) is 10.8. The number of rotatable bonds is 9. The van der Waals surface area contributed by atoms with Gasteiger partial charge in [0.05, 0.1) is 25.6 Å². The van der Waals surface area contributed by atoms with E-state index in [-0.39, 0.29) is 18.2 Å². The molecule has 1 saturated carbocycles. The summed E-state index contributed by atoms with van der Waals surface area (Å²) >= 11 is 0. The van der Waals surface area contributed by atoms with Crippen LogP contribution in [0.2, 0.25) is 0 Å². The molecule has 2 aliphatic rings. The molecule has 0 amide bonds. The normalized spacial score (nSPS) is 28.2. The van der Waals surface area contributed by atoms with E-state index in [2.05, 4.69) is 35.2 Å². The van der Waals surface area contributed by atoms with Crippen LogP contribution in [-0.4, -0.2) is 52.6 Å². The molecular weight excluding hydrogens is 388 g/mol. The maximum absolute atomic E-state index is 11.6. The van der Waals surface area contributed by atoms with Gasteiger partial charge in [-0.3, -0.25) is 0 Å². The van der Waals surface area contributed by atoms with Crippen LogP contribution in [0, 0.1) is 0 Å². The molecule has 3 rings (SSSR count). The van der Waals surface area contributed by atoms with Crippen LogP contribution in [0.25, 0.3) is 0 Å². The Bertz CT molecular complexity index is 732. The maximum Gasteiger partial charge on any atom is 0.209 e. The van der Waals surface area contributed by atoms with Crippen molar-refractivity contribution in [2.24, 2.45) is 0 Å². The lowest BCUT2D eigenvalue weighted by Gasteiger charge is -2.35. The van der Waals surface area contributed by atoms with Gasteiger partial charge in [0.2, 0.25) is 10.0 Å². The van der Waals surface area contributed by atoms with E-state index >= 15 is 0 Å². The summed E-state index contributed by atoms with van der Waals surface area (Å²) in [6, 6.07) is 8.38. The van der Waals surface area contributed by atoms with Gasteiger partial charge in [0.25, 0.3) is 0 Å². The first-order valence-corrected chi connectivity index (χ1v) is 12.9. The number of para-hydroxylation sites is 1. The largest absolute Gasteiger partial charge is 0.493 e. The minimum atomic E-state index is -3.21. The Balaban J connectivity index is 1.49. The molecule has 1 aliphatic carbocycles. The molecule has 1 aromatic carbocycles. The fraction of sp³-hybridized carbons (Fsp3) is 0.727. The smallest absolute Gasteiger partial charge is 0.209 e. The first-order valence-electron chi connectivity index (χ1n) is 11.0. The number of piperidine rings is 1. The average molecular weight is 425 g/mol. The SMILES string of the molecule is CCCOc1ccccc1[C@H]1CC[C@@H](OC[C@@H]2NCCC[C@@H]2NS(C)(=O)=O)CC1. The Morgan fingerprint density at radius 2 is 1.90 bits per heavy atom. The van der Waals surface area contributed by atoms with Gasteiger partial charge in [-0.1, -0.05) is 25.1 Å². The van der Waals surface area contributed by atoms with Crippen molar-refractivity contribution in [1.82, 2.24) is 10.0 Å². The van der Waals surface area contributed by atoms with Gasteiger partial charge in [0, 0.05) is 12.1 Å². The van der Waals surface area contributed by atoms with E-state index in [1.54, 1.807) is 0 Å². The summed E-state index contributed by atoms with van der Waals surface area (Å²) in [6.07, 6.45) is 8.58. The molecule has 2 fully saturated rings. The highest BCUT2D eigenvalue weighted by Gasteiger charge is 2.30. The molecule has 2 atom stereocenters. The van der Waals surface area contributed by atoms with Gasteiger partial charge < -0.3 is 14.8 Å². The Morgan fingerprint density at radius 3 is 2.62 bits per heavy atom. The first-order chi connectivity index (χ1) is 14.0. The zero-order valence-corrected chi connectivity index (χ0v) is 18.5. The third-order valence-electron chi connectivity index (χ3n) is 5.96. The summed E-state index contributed by atoms with van der Waals surface area (Å²) in [5.41, 5.74) is 1.32. The van der Waals surface area contributed by atoms with E-state index < -0.39 is 10.0 Å². The second-order valence-corrected chi connectivity index (χ2v) is 10.2. The van der Waals surface area contributed by atoms with Gasteiger partial charge in [-0.15, -0.1) is 0 Å². The van der Waals surface area contributed by atoms with Gasteiger partial charge in [-0.05, 0) is 69.0 Å². The van der Waals surface area contributed by atoms with Crippen molar-refractivity contribution in [1.29, 1.82) is 0 Å².